The van der Waals surface area contributed by atoms with E-state index in [1.54, 1.807) is 0 Å². The molecule has 0 radical (unpaired) electrons. The molecule has 10 rings (SSSR count). The van der Waals surface area contributed by atoms with E-state index < -0.39 is 0 Å². The largest absolute Gasteiger partial charge is 0.310 e. The monoisotopic (exact) mass is 736 g/mol. The van der Waals surface area contributed by atoms with Crippen LogP contribution in [0.4, 0.5) is 34.1 Å². The molecule has 1 aromatic heterocycles. The maximum atomic E-state index is 5.25. The molecule has 7 aromatic carbocycles. The molecule has 2 aliphatic heterocycles. The molecule has 57 heavy (non-hydrogen) atoms. The zero-order valence-corrected chi connectivity index (χ0v) is 33.0. The smallest absolute Gasteiger partial charge is 0.160 e. The second kappa shape index (κ2) is 13.2. The molecule has 0 N–H and O–H groups in total. The summed E-state index contributed by atoms with van der Waals surface area (Å²) in [6, 6.07) is 63.2. The highest BCUT2D eigenvalue weighted by molar-refractivity contribution is 5.88. The summed E-state index contributed by atoms with van der Waals surface area (Å²) in [6.45, 7) is 11.4. The zero-order valence-electron chi connectivity index (χ0n) is 33.0. The van der Waals surface area contributed by atoms with Crippen molar-refractivity contribution in [2.24, 2.45) is 0 Å². The maximum Gasteiger partial charge on any atom is 0.160 e. The molecular weight excluding hydrogens is 693 g/mol. The van der Waals surface area contributed by atoms with Crippen LogP contribution in [0.5, 0.6) is 0 Å². The Kier molecular flexibility index (Phi) is 8.02. The molecule has 0 saturated carbocycles. The fourth-order valence-electron chi connectivity index (χ4n) is 9.23. The van der Waals surface area contributed by atoms with Gasteiger partial charge in [0.25, 0.3) is 0 Å². The topological polar surface area (TPSA) is 32.3 Å². The molecule has 0 saturated heterocycles. The highest BCUT2D eigenvalue weighted by Gasteiger charge is 2.38. The van der Waals surface area contributed by atoms with E-state index in [-0.39, 0.29) is 10.8 Å². The number of para-hydroxylation sites is 4. The fourth-order valence-corrected chi connectivity index (χ4v) is 9.23. The fraction of sp³-hybridized carbons (Fsp3) is 0.132. The minimum Gasteiger partial charge on any atom is -0.310 e. The average molecular weight is 737 g/mol. The number of anilines is 6. The number of hydrogen-bond acceptors (Lipinski definition) is 4. The molecule has 0 fully saturated rings. The Bertz CT molecular complexity index is 2530. The van der Waals surface area contributed by atoms with E-state index in [1.165, 1.54) is 45.0 Å². The Hall–Kier alpha value is -6.78. The van der Waals surface area contributed by atoms with Crippen LogP contribution in [0.1, 0.15) is 55.5 Å². The van der Waals surface area contributed by atoms with Gasteiger partial charge in [0, 0.05) is 44.5 Å². The minimum atomic E-state index is -0.107. The number of rotatable bonds is 5. The summed E-state index contributed by atoms with van der Waals surface area (Å²) in [5, 5.41) is 0. The van der Waals surface area contributed by atoms with Crippen molar-refractivity contribution in [3.05, 3.63) is 204 Å². The van der Waals surface area contributed by atoms with Gasteiger partial charge >= 0.3 is 0 Å². The van der Waals surface area contributed by atoms with Crippen LogP contribution in [0, 0.1) is 6.92 Å². The van der Waals surface area contributed by atoms with Crippen LogP contribution in [-0.4, -0.2) is 9.97 Å². The van der Waals surface area contributed by atoms with E-state index in [2.05, 4.69) is 202 Å². The summed E-state index contributed by atoms with van der Waals surface area (Å²) < 4.78 is 0. The molecular formula is C53H44N4. The first-order valence-corrected chi connectivity index (χ1v) is 19.8. The summed E-state index contributed by atoms with van der Waals surface area (Å²) in [4.78, 5) is 15.3. The molecule has 8 aromatic rings. The van der Waals surface area contributed by atoms with Crippen molar-refractivity contribution in [2.75, 3.05) is 9.80 Å². The van der Waals surface area contributed by atoms with Gasteiger partial charge in [-0.2, -0.15) is 0 Å². The van der Waals surface area contributed by atoms with E-state index in [0.717, 1.165) is 45.0 Å². The van der Waals surface area contributed by atoms with Gasteiger partial charge in [0.05, 0.1) is 34.1 Å². The second-order valence-corrected chi connectivity index (χ2v) is 16.3. The third-order valence-electron chi connectivity index (χ3n) is 12.2. The third kappa shape index (κ3) is 5.50. The van der Waals surface area contributed by atoms with Crippen molar-refractivity contribution in [2.45, 2.75) is 45.4 Å². The predicted octanol–water partition coefficient (Wildman–Crippen LogP) is 14.0. The van der Waals surface area contributed by atoms with Gasteiger partial charge in [0.1, 0.15) is 0 Å². The molecule has 0 amide bonds. The molecule has 0 aliphatic carbocycles. The van der Waals surface area contributed by atoms with Crippen molar-refractivity contribution < 1.29 is 0 Å². The standard InChI is InChI=1S/C53H44N4/c1-35-49(36-27-31-39(32-28-36)56-45-23-13-9-19-41(45)52(2,3)42-20-10-14-24-46(42)56)54-51(38-17-7-6-8-18-38)55-50(35)37-29-33-40(34-30-37)57-47-25-15-11-21-43(47)53(4,5)44-22-12-16-26-48(44)57/h6-34H,1-5H3. The molecule has 276 valence electrons. The molecule has 4 nitrogen and oxygen atoms in total. The van der Waals surface area contributed by atoms with Gasteiger partial charge in [-0.3, -0.25) is 0 Å². The van der Waals surface area contributed by atoms with Crippen molar-refractivity contribution in [1.82, 2.24) is 9.97 Å². The lowest BCUT2D eigenvalue weighted by Gasteiger charge is -2.42. The second-order valence-electron chi connectivity index (χ2n) is 16.3. The Morgan fingerprint density at radius 2 is 0.667 bits per heavy atom. The van der Waals surface area contributed by atoms with Gasteiger partial charge in [0.15, 0.2) is 5.82 Å². The molecule has 0 spiro atoms. The summed E-state index contributed by atoms with van der Waals surface area (Å²) in [5.74, 6) is 0.710. The van der Waals surface area contributed by atoms with Crippen LogP contribution in [0.25, 0.3) is 33.9 Å². The van der Waals surface area contributed by atoms with Crippen LogP contribution in [0.3, 0.4) is 0 Å². The molecule has 0 bridgehead atoms. The lowest BCUT2D eigenvalue weighted by atomic mass is 9.73. The normalized spacial score (nSPS) is 14.6. The summed E-state index contributed by atoms with van der Waals surface area (Å²) in [5.41, 5.74) is 18.1. The summed E-state index contributed by atoms with van der Waals surface area (Å²) in [7, 11) is 0. The van der Waals surface area contributed by atoms with E-state index in [4.69, 9.17) is 9.97 Å². The number of hydrogen-bond donors (Lipinski definition) is 0. The lowest BCUT2D eigenvalue weighted by Crippen LogP contribution is -2.30. The van der Waals surface area contributed by atoms with E-state index >= 15 is 0 Å². The third-order valence-corrected chi connectivity index (χ3v) is 12.2. The van der Waals surface area contributed by atoms with Crippen molar-refractivity contribution in [3.63, 3.8) is 0 Å². The first-order chi connectivity index (χ1) is 27.7. The van der Waals surface area contributed by atoms with E-state index in [0.29, 0.717) is 5.82 Å². The first-order valence-electron chi connectivity index (χ1n) is 19.8. The Balaban J connectivity index is 1.06. The van der Waals surface area contributed by atoms with Crippen LogP contribution < -0.4 is 9.80 Å². The van der Waals surface area contributed by atoms with Crippen LogP contribution in [0.2, 0.25) is 0 Å². The van der Waals surface area contributed by atoms with E-state index in [9.17, 15) is 0 Å². The highest BCUT2D eigenvalue weighted by atomic mass is 15.2. The predicted molar refractivity (Wildman–Crippen MR) is 237 cm³/mol. The van der Waals surface area contributed by atoms with E-state index in [1.807, 2.05) is 18.2 Å². The SMILES string of the molecule is Cc1c(-c2ccc(N3c4ccccc4C(C)(C)c4ccccc43)cc2)nc(-c2ccccc2)nc1-c1ccc(N2c3ccccc3C(C)(C)c3ccccc32)cc1. The minimum absolute atomic E-state index is 0.107. The summed E-state index contributed by atoms with van der Waals surface area (Å²) >= 11 is 0. The first kappa shape index (κ1) is 34.7. The van der Waals surface area contributed by atoms with Crippen molar-refractivity contribution in [1.29, 1.82) is 0 Å². The van der Waals surface area contributed by atoms with Crippen molar-refractivity contribution in [3.8, 4) is 33.9 Å². The molecule has 0 atom stereocenters. The number of fused-ring (bicyclic) bond motifs is 4. The van der Waals surface area contributed by atoms with Crippen molar-refractivity contribution >= 4 is 34.1 Å². The highest BCUT2D eigenvalue weighted by Crippen LogP contribution is 2.53. The number of nitrogens with zero attached hydrogens (tertiary/aromatic N) is 4. The number of benzene rings is 7. The average Bonchev–Trinajstić information content (AvgIpc) is 3.25. The van der Waals surface area contributed by atoms with Gasteiger partial charge in [-0.05, 0) is 77.7 Å². The van der Waals surface area contributed by atoms with Crippen LogP contribution >= 0.6 is 0 Å². The summed E-state index contributed by atoms with van der Waals surface area (Å²) in [6.07, 6.45) is 0. The Labute approximate surface area is 335 Å². The van der Waals surface area contributed by atoms with Gasteiger partial charge in [0.2, 0.25) is 0 Å². The lowest BCUT2D eigenvalue weighted by molar-refractivity contribution is 0.632. The quantitative estimate of drug-likeness (QED) is 0.176. The van der Waals surface area contributed by atoms with Crippen LogP contribution in [-0.2, 0) is 10.8 Å². The molecule has 4 heteroatoms. The Morgan fingerprint density at radius 1 is 0.351 bits per heavy atom. The van der Waals surface area contributed by atoms with Gasteiger partial charge in [-0.25, -0.2) is 9.97 Å². The van der Waals surface area contributed by atoms with Crippen LogP contribution in [0.15, 0.2) is 176 Å². The zero-order chi connectivity index (χ0) is 38.9. The molecule has 2 aliphatic rings. The van der Waals surface area contributed by atoms with Gasteiger partial charge in [-0.15, -0.1) is 0 Å². The van der Waals surface area contributed by atoms with Gasteiger partial charge in [-0.1, -0.05) is 155 Å². The Morgan fingerprint density at radius 3 is 1.02 bits per heavy atom. The molecule has 3 heterocycles. The maximum absolute atomic E-state index is 5.25. The number of aromatic nitrogens is 2. The molecule has 0 unspecified atom stereocenters. The van der Waals surface area contributed by atoms with Gasteiger partial charge < -0.3 is 9.80 Å².